The van der Waals surface area contributed by atoms with Gasteiger partial charge in [0.05, 0.1) is 6.61 Å². The second-order valence-corrected chi connectivity index (χ2v) is 7.28. The summed E-state index contributed by atoms with van der Waals surface area (Å²) in [4.78, 5) is 17.9. The molecule has 0 saturated carbocycles. The molecule has 0 aromatic heterocycles. The fourth-order valence-electron chi connectivity index (χ4n) is 2.98. The van der Waals surface area contributed by atoms with E-state index in [1.807, 2.05) is 30.3 Å². The molecule has 0 unspecified atom stereocenters. The number of carbonyl (C=O) groups is 1. The lowest BCUT2D eigenvalue weighted by atomic mass is 10.1. The first-order valence-electron chi connectivity index (χ1n) is 10.5. The minimum atomic E-state index is 0. The number of amides is 1. The smallest absolute Gasteiger partial charge is 0.253 e. The van der Waals surface area contributed by atoms with Crippen LogP contribution >= 0.6 is 24.0 Å². The van der Waals surface area contributed by atoms with Crippen molar-refractivity contribution in [1.29, 1.82) is 0 Å². The maximum Gasteiger partial charge on any atom is 0.253 e. The van der Waals surface area contributed by atoms with E-state index in [1.165, 1.54) is 5.56 Å². The van der Waals surface area contributed by atoms with Crippen molar-refractivity contribution in [3.05, 3.63) is 71.3 Å². The second-order valence-electron chi connectivity index (χ2n) is 7.28. The first-order chi connectivity index (χ1) is 14.6. The van der Waals surface area contributed by atoms with Crippen molar-refractivity contribution in [3.63, 3.8) is 0 Å². The summed E-state index contributed by atoms with van der Waals surface area (Å²) >= 11 is 0. The second kappa shape index (κ2) is 15.6. The Labute approximate surface area is 203 Å². The van der Waals surface area contributed by atoms with Crippen LogP contribution in [0.5, 0.6) is 0 Å². The zero-order valence-electron chi connectivity index (χ0n) is 18.8. The van der Waals surface area contributed by atoms with Crippen LogP contribution in [0.4, 0.5) is 0 Å². The first kappa shape index (κ1) is 26.9. The molecule has 0 atom stereocenters. The number of hydrogen-bond acceptors (Lipinski definition) is 3. The highest BCUT2D eigenvalue weighted by molar-refractivity contribution is 14.0. The number of carbonyl (C=O) groups excluding carboxylic acids is 1. The number of nitrogens with zero attached hydrogens (tertiary/aromatic N) is 2. The number of rotatable bonds is 11. The molecule has 0 heterocycles. The lowest BCUT2D eigenvalue weighted by Crippen LogP contribution is -2.39. The third kappa shape index (κ3) is 10.6. The third-order valence-electron chi connectivity index (χ3n) is 4.65. The Bertz CT molecular complexity index is 797. The predicted molar refractivity (Wildman–Crippen MR) is 139 cm³/mol. The summed E-state index contributed by atoms with van der Waals surface area (Å²) in [5, 5.41) is 6.62. The lowest BCUT2D eigenvalue weighted by molar-refractivity contribution is 0.0827. The van der Waals surface area contributed by atoms with E-state index in [0.717, 1.165) is 57.1 Å². The molecule has 0 spiro atoms. The molecule has 0 aliphatic heterocycles. The van der Waals surface area contributed by atoms with Crippen LogP contribution in [0, 0.1) is 0 Å². The Morgan fingerprint density at radius 3 is 2.35 bits per heavy atom. The zero-order chi connectivity index (χ0) is 21.6. The molecule has 170 valence electrons. The molecule has 2 aromatic rings. The van der Waals surface area contributed by atoms with E-state index in [4.69, 9.17) is 4.74 Å². The lowest BCUT2D eigenvalue weighted by Gasteiger charge is -2.13. The average molecular weight is 538 g/mol. The maximum absolute atomic E-state index is 12.1. The van der Waals surface area contributed by atoms with Crippen LogP contribution in [0.2, 0.25) is 0 Å². The van der Waals surface area contributed by atoms with Gasteiger partial charge in [-0.2, -0.15) is 0 Å². The molecule has 0 bridgehead atoms. The standard InChI is InChI=1S/C24H34N4O2.HI/c1-25-24(26-15-8-17-30-18-14-20-9-5-4-6-10-20)27-16-13-21-11-7-12-22(19-21)23(29)28(2)3;/h4-7,9-12,19H,8,13-18H2,1-3H3,(H2,25,26,27);1H. The minimum Gasteiger partial charge on any atom is -0.381 e. The number of nitrogens with one attached hydrogen (secondary N) is 2. The van der Waals surface area contributed by atoms with Crippen molar-refractivity contribution in [2.24, 2.45) is 4.99 Å². The van der Waals surface area contributed by atoms with Crippen molar-refractivity contribution in [1.82, 2.24) is 15.5 Å². The van der Waals surface area contributed by atoms with Crippen molar-refractivity contribution in [2.45, 2.75) is 19.3 Å². The quantitative estimate of drug-likeness (QED) is 0.199. The fourth-order valence-corrected chi connectivity index (χ4v) is 2.98. The van der Waals surface area contributed by atoms with Crippen LogP contribution < -0.4 is 10.6 Å². The summed E-state index contributed by atoms with van der Waals surface area (Å²) in [5.74, 6) is 0.799. The van der Waals surface area contributed by atoms with E-state index in [0.29, 0.717) is 5.56 Å². The van der Waals surface area contributed by atoms with Gasteiger partial charge in [0.25, 0.3) is 5.91 Å². The summed E-state index contributed by atoms with van der Waals surface area (Å²) in [7, 11) is 5.29. The van der Waals surface area contributed by atoms with Crippen LogP contribution in [0.15, 0.2) is 59.6 Å². The highest BCUT2D eigenvalue weighted by Gasteiger charge is 2.08. The number of hydrogen-bond donors (Lipinski definition) is 2. The van der Waals surface area contributed by atoms with Gasteiger partial charge in [0.1, 0.15) is 0 Å². The SMILES string of the molecule is CN=C(NCCCOCCc1ccccc1)NCCc1cccc(C(=O)N(C)C)c1.I. The normalized spacial score (nSPS) is 10.9. The molecule has 6 nitrogen and oxygen atoms in total. The van der Waals surface area contributed by atoms with Gasteiger partial charge in [0, 0.05) is 46.4 Å². The fraction of sp³-hybridized carbons (Fsp3) is 0.417. The Balaban J connectivity index is 0.00000480. The average Bonchev–Trinajstić information content (AvgIpc) is 2.77. The van der Waals surface area contributed by atoms with Gasteiger partial charge in [-0.3, -0.25) is 9.79 Å². The molecule has 0 fully saturated rings. The van der Waals surface area contributed by atoms with Crippen molar-refractivity contribution in [2.75, 3.05) is 47.4 Å². The topological polar surface area (TPSA) is 66.0 Å². The molecule has 0 aliphatic rings. The van der Waals surface area contributed by atoms with E-state index in [9.17, 15) is 4.79 Å². The first-order valence-corrected chi connectivity index (χ1v) is 10.5. The van der Waals surface area contributed by atoms with Gasteiger partial charge in [0.15, 0.2) is 5.96 Å². The van der Waals surface area contributed by atoms with E-state index in [-0.39, 0.29) is 29.9 Å². The summed E-state index contributed by atoms with van der Waals surface area (Å²) in [6.45, 7) is 3.01. The van der Waals surface area contributed by atoms with Gasteiger partial charge in [-0.25, -0.2) is 0 Å². The largest absolute Gasteiger partial charge is 0.381 e. The van der Waals surface area contributed by atoms with Gasteiger partial charge in [-0.05, 0) is 42.5 Å². The maximum atomic E-state index is 12.1. The molecular weight excluding hydrogens is 503 g/mol. The van der Waals surface area contributed by atoms with Gasteiger partial charge in [-0.1, -0.05) is 42.5 Å². The zero-order valence-corrected chi connectivity index (χ0v) is 21.1. The van der Waals surface area contributed by atoms with Crippen LogP contribution in [0.1, 0.15) is 27.9 Å². The van der Waals surface area contributed by atoms with Gasteiger partial charge < -0.3 is 20.3 Å². The molecule has 2 rings (SSSR count). The summed E-state index contributed by atoms with van der Waals surface area (Å²) in [6, 6.07) is 18.1. The molecule has 7 heteroatoms. The minimum absolute atomic E-state index is 0. The van der Waals surface area contributed by atoms with Crippen LogP contribution in [0.3, 0.4) is 0 Å². The van der Waals surface area contributed by atoms with Gasteiger partial charge in [0.2, 0.25) is 0 Å². The van der Waals surface area contributed by atoms with E-state index >= 15 is 0 Å². The summed E-state index contributed by atoms with van der Waals surface area (Å²) in [5.41, 5.74) is 3.14. The molecular formula is C24H35IN4O2. The third-order valence-corrected chi connectivity index (χ3v) is 4.65. The van der Waals surface area contributed by atoms with Gasteiger partial charge in [-0.15, -0.1) is 24.0 Å². The Kier molecular flexibility index (Phi) is 13.6. The van der Waals surface area contributed by atoms with Crippen LogP contribution in [-0.4, -0.2) is 64.2 Å². The Hall–Kier alpha value is -2.13. The molecule has 0 saturated heterocycles. The molecule has 31 heavy (non-hydrogen) atoms. The van der Waals surface area contributed by atoms with E-state index < -0.39 is 0 Å². The molecule has 2 aromatic carbocycles. The Morgan fingerprint density at radius 1 is 0.935 bits per heavy atom. The van der Waals surface area contributed by atoms with Gasteiger partial charge >= 0.3 is 0 Å². The monoisotopic (exact) mass is 538 g/mol. The van der Waals surface area contributed by atoms with Crippen LogP contribution in [-0.2, 0) is 17.6 Å². The number of benzene rings is 2. The highest BCUT2D eigenvalue weighted by Crippen LogP contribution is 2.07. The van der Waals surface area contributed by atoms with Crippen molar-refractivity contribution >= 4 is 35.8 Å². The number of halogens is 1. The molecule has 0 radical (unpaired) electrons. The molecule has 1 amide bonds. The number of aliphatic imine (C=N–C) groups is 1. The van der Waals surface area contributed by atoms with E-state index in [2.05, 4.69) is 39.9 Å². The van der Waals surface area contributed by atoms with Crippen LogP contribution in [0.25, 0.3) is 0 Å². The molecule has 0 aliphatic carbocycles. The molecule has 2 N–H and O–H groups in total. The number of guanidine groups is 1. The predicted octanol–water partition coefficient (Wildman–Crippen LogP) is 3.36. The van der Waals surface area contributed by atoms with Crippen molar-refractivity contribution in [3.8, 4) is 0 Å². The highest BCUT2D eigenvalue weighted by atomic mass is 127. The Morgan fingerprint density at radius 2 is 1.65 bits per heavy atom. The van der Waals surface area contributed by atoms with E-state index in [1.54, 1.807) is 26.0 Å². The summed E-state index contributed by atoms with van der Waals surface area (Å²) in [6.07, 6.45) is 2.68. The number of ether oxygens (including phenoxy) is 1. The summed E-state index contributed by atoms with van der Waals surface area (Å²) < 4.78 is 5.71. The van der Waals surface area contributed by atoms with Crippen molar-refractivity contribution < 1.29 is 9.53 Å².